The van der Waals surface area contributed by atoms with Gasteiger partial charge in [-0.25, -0.2) is 0 Å². The highest BCUT2D eigenvalue weighted by Gasteiger charge is 2.15. The van der Waals surface area contributed by atoms with Gasteiger partial charge in [-0.2, -0.15) is 5.26 Å². The number of benzene rings is 3. The molecule has 4 aromatic rings. The van der Waals surface area contributed by atoms with Crippen molar-refractivity contribution in [2.24, 2.45) is 0 Å². The number of nitriles is 1. The summed E-state index contributed by atoms with van der Waals surface area (Å²) >= 11 is 18.3. The van der Waals surface area contributed by atoms with Gasteiger partial charge in [0.15, 0.2) is 11.5 Å². The number of nitrogens with one attached hydrogen (secondary N) is 1. The van der Waals surface area contributed by atoms with E-state index in [1.54, 1.807) is 19.2 Å². The van der Waals surface area contributed by atoms with E-state index in [4.69, 9.17) is 49.0 Å². The van der Waals surface area contributed by atoms with Crippen molar-refractivity contribution < 1.29 is 14.2 Å². The van der Waals surface area contributed by atoms with Crippen LogP contribution >= 0.6 is 34.8 Å². The Morgan fingerprint density at radius 2 is 1.67 bits per heavy atom. The Balaban J connectivity index is 1.90. The largest absolute Gasteiger partial charge is 0.495 e. The minimum atomic E-state index is 0.361. The first kappa shape index (κ1) is 23.1. The summed E-state index contributed by atoms with van der Waals surface area (Å²) in [5.41, 5.74) is 2.16. The lowest BCUT2D eigenvalue weighted by Gasteiger charge is -2.16. The first-order valence-electron chi connectivity index (χ1n) is 9.82. The maximum absolute atomic E-state index is 9.73. The second kappa shape index (κ2) is 9.80. The molecule has 0 saturated heterocycles. The normalized spacial score (nSPS) is 10.8. The van der Waals surface area contributed by atoms with Crippen LogP contribution in [0.5, 0.6) is 17.2 Å². The summed E-state index contributed by atoms with van der Waals surface area (Å²) in [7, 11) is 3.10. The Bertz CT molecular complexity index is 1400. The number of methoxy groups -OCH3 is 2. The van der Waals surface area contributed by atoms with Gasteiger partial charge in [-0.05, 0) is 41.1 Å². The number of aromatic nitrogens is 1. The van der Waals surface area contributed by atoms with E-state index in [0.29, 0.717) is 62.2 Å². The van der Waals surface area contributed by atoms with E-state index in [-0.39, 0.29) is 0 Å². The summed E-state index contributed by atoms with van der Waals surface area (Å²) in [6, 6.07) is 13.1. The topological polar surface area (TPSA) is 76.4 Å². The SMILES string of the molecule is COc1cc(Nc2c(C#N)cnc3cc4cc(OCCCl)c(OC)cc4cc23)c(Cl)cc1Cl. The summed E-state index contributed by atoms with van der Waals surface area (Å²) in [4.78, 5) is 4.47. The molecule has 4 rings (SSSR count). The molecule has 0 saturated carbocycles. The highest BCUT2D eigenvalue weighted by atomic mass is 35.5. The molecular weight excluding hydrogens is 485 g/mol. The predicted octanol–water partition coefficient (Wildman–Crippen LogP) is 6.94. The molecule has 1 heterocycles. The van der Waals surface area contributed by atoms with Crippen LogP contribution < -0.4 is 19.5 Å². The van der Waals surface area contributed by atoms with Crippen LogP contribution in [0.1, 0.15) is 5.56 Å². The molecule has 0 radical (unpaired) electrons. The smallest absolute Gasteiger partial charge is 0.161 e. The van der Waals surface area contributed by atoms with Crippen molar-refractivity contribution in [1.29, 1.82) is 5.26 Å². The maximum atomic E-state index is 9.73. The Labute approximate surface area is 205 Å². The fourth-order valence-electron chi connectivity index (χ4n) is 3.50. The third-order valence-electron chi connectivity index (χ3n) is 5.07. The molecule has 0 amide bonds. The van der Waals surface area contributed by atoms with Gasteiger partial charge < -0.3 is 19.5 Å². The molecule has 0 bridgehead atoms. The third kappa shape index (κ3) is 4.53. The number of fused-ring (bicyclic) bond motifs is 2. The molecule has 0 aliphatic carbocycles. The lowest BCUT2D eigenvalue weighted by atomic mass is 10.0. The number of alkyl halides is 1. The Kier molecular flexibility index (Phi) is 6.85. The van der Waals surface area contributed by atoms with Gasteiger partial charge in [-0.1, -0.05) is 23.2 Å². The van der Waals surface area contributed by atoms with Crippen LogP contribution in [0, 0.1) is 11.3 Å². The van der Waals surface area contributed by atoms with Crippen molar-refractivity contribution in [2.75, 3.05) is 32.0 Å². The Morgan fingerprint density at radius 3 is 2.36 bits per heavy atom. The molecule has 0 fully saturated rings. The predicted molar refractivity (Wildman–Crippen MR) is 133 cm³/mol. The number of pyridine rings is 1. The van der Waals surface area contributed by atoms with Gasteiger partial charge in [-0.15, -0.1) is 11.6 Å². The van der Waals surface area contributed by atoms with E-state index < -0.39 is 0 Å². The second-order valence-corrected chi connectivity index (χ2v) is 8.20. The quantitative estimate of drug-likeness (QED) is 0.218. The molecule has 0 aliphatic heterocycles. The number of hydrogen-bond donors (Lipinski definition) is 1. The van der Waals surface area contributed by atoms with E-state index in [1.807, 2.05) is 24.3 Å². The van der Waals surface area contributed by atoms with Crippen molar-refractivity contribution in [3.05, 3.63) is 58.2 Å². The van der Waals surface area contributed by atoms with Crippen molar-refractivity contribution in [1.82, 2.24) is 4.98 Å². The Hall–Kier alpha value is -3.11. The number of anilines is 2. The van der Waals surface area contributed by atoms with Crippen LogP contribution in [0.25, 0.3) is 21.7 Å². The zero-order valence-electron chi connectivity index (χ0n) is 17.7. The van der Waals surface area contributed by atoms with Gasteiger partial charge in [0.05, 0.1) is 52.6 Å². The van der Waals surface area contributed by atoms with E-state index in [9.17, 15) is 5.26 Å². The summed E-state index contributed by atoms with van der Waals surface area (Å²) < 4.78 is 16.5. The van der Waals surface area contributed by atoms with Gasteiger partial charge in [0, 0.05) is 17.6 Å². The molecular formula is C24H18Cl3N3O3. The molecule has 1 N–H and O–H groups in total. The van der Waals surface area contributed by atoms with E-state index >= 15 is 0 Å². The minimum absolute atomic E-state index is 0.361. The number of rotatable bonds is 7. The molecule has 0 spiro atoms. The van der Waals surface area contributed by atoms with Gasteiger partial charge in [-0.3, -0.25) is 4.98 Å². The fraction of sp³-hybridized carbons (Fsp3) is 0.167. The lowest BCUT2D eigenvalue weighted by Crippen LogP contribution is -2.01. The zero-order chi connectivity index (χ0) is 23.5. The van der Waals surface area contributed by atoms with E-state index in [2.05, 4.69) is 16.4 Å². The van der Waals surface area contributed by atoms with Crippen molar-refractivity contribution in [3.8, 4) is 23.3 Å². The summed E-state index contributed by atoms with van der Waals surface area (Å²) in [6.45, 7) is 0.361. The number of nitrogens with zero attached hydrogens (tertiary/aromatic N) is 2. The maximum Gasteiger partial charge on any atom is 0.161 e. The molecule has 0 aliphatic rings. The number of ether oxygens (including phenoxy) is 3. The fourth-order valence-corrected chi connectivity index (χ4v) is 4.09. The molecule has 33 heavy (non-hydrogen) atoms. The summed E-state index contributed by atoms with van der Waals surface area (Å²) in [5, 5.41) is 16.3. The van der Waals surface area contributed by atoms with Crippen LogP contribution in [0.2, 0.25) is 10.0 Å². The highest BCUT2D eigenvalue weighted by Crippen LogP contribution is 2.40. The van der Waals surface area contributed by atoms with Gasteiger partial charge in [0.25, 0.3) is 0 Å². The Morgan fingerprint density at radius 1 is 0.939 bits per heavy atom. The van der Waals surface area contributed by atoms with Crippen molar-refractivity contribution in [2.45, 2.75) is 0 Å². The molecule has 6 nitrogen and oxygen atoms in total. The monoisotopic (exact) mass is 501 g/mol. The highest BCUT2D eigenvalue weighted by molar-refractivity contribution is 6.37. The first-order chi connectivity index (χ1) is 16.0. The minimum Gasteiger partial charge on any atom is -0.495 e. The third-order valence-corrected chi connectivity index (χ3v) is 5.83. The van der Waals surface area contributed by atoms with Gasteiger partial charge >= 0.3 is 0 Å². The van der Waals surface area contributed by atoms with Crippen LogP contribution in [-0.4, -0.2) is 31.7 Å². The molecule has 0 atom stereocenters. The second-order valence-electron chi connectivity index (χ2n) is 7.01. The summed E-state index contributed by atoms with van der Waals surface area (Å²) in [5.74, 6) is 2.00. The van der Waals surface area contributed by atoms with Crippen LogP contribution in [0.4, 0.5) is 11.4 Å². The van der Waals surface area contributed by atoms with Gasteiger partial charge in [0.1, 0.15) is 18.4 Å². The van der Waals surface area contributed by atoms with E-state index in [0.717, 1.165) is 16.2 Å². The standard InChI is InChI=1S/C24H18Cl3N3O3/c1-31-21-10-20(17(26)9-18(21)27)30-24-15(11-28)12-29-19-6-14-8-23(33-4-3-25)22(32-2)7-13(14)5-16(19)24/h5-10,12H,3-4H2,1-2H3,(H,29,30). The van der Waals surface area contributed by atoms with Crippen LogP contribution in [0.3, 0.4) is 0 Å². The lowest BCUT2D eigenvalue weighted by molar-refractivity contribution is 0.313. The average molecular weight is 503 g/mol. The molecule has 0 unspecified atom stereocenters. The van der Waals surface area contributed by atoms with Crippen LogP contribution in [0.15, 0.2) is 42.6 Å². The zero-order valence-corrected chi connectivity index (χ0v) is 20.0. The van der Waals surface area contributed by atoms with Crippen molar-refractivity contribution >= 4 is 67.9 Å². The average Bonchev–Trinajstić information content (AvgIpc) is 2.82. The van der Waals surface area contributed by atoms with Crippen LogP contribution in [-0.2, 0) is 0 Å². The molecule has 9 heteroatoms. The molecule has 168 valence electrons. The van der Waals surface area contributed by atoms with Crippen molar-refractivity contribution in [3.63, 3.8) is 0 Å². The first-order valence-corrected chi connectivity index (χ1v) is 11.1. The molecule has 1 aromatic heterocycles. The summed E-state index contributed by atoms with van der Waals surface area (Å²) in [6.07, 6.45) is 1.52. The number of halogens is 3. The van der Waals surface area contributed by atoms with E-state index in [1.165, 1.54) is 13.3 Å². The number of hydrogen-bond acceptors (Lipinski definition) is 6. The van der Waals surface area contributed by atoms with Gasteiger partial charge in [0.2, 0.25) is 0 Å². The molecule has 3 aromatic carbocycles.